The topological polar surface area (TPSA) is 126 Å². The highest BCUT2D eigenvalue weighted by atomic mass is 32.2. The Morgan fingerprint density at radius 2 is 1.81 bits per heavy atom. The number of carbonyl (C=O) groups excluding carboxylic acids is 2. The lowest BCUT2D eigenvalue weighted by molar-refractivity contribution is -0.113. The van der Waals surface area contributed by atoms with E-state index in [0.717, 1.165) is 0 Å². The summed E-state index contributed by atoms with van der Waals surface area (Å²) in [6, 6.07) is 11.6. The van der Waals surface area contributed by atoms with Gasteiger partial charge in [-0.15, -0.1) is 10.2 Å². The van der Waals surface area contributed by atoms with Crippen molar-refractivity contribution in [2.45, 2.75) is 11.6 Å². The van der Waals surface area contributed by atoms with E-state index in [1.807, 2.05) is 0 Å². The molecule has 2 aromatic carbocycles. The first-order valence-electron chi connectivity index (χ1n) is 9.52. The molecule has 0 aliphatic heterocycles. The van der Waals surface area contributed by atoms with Crippen molar-refractivity contribution in [3.63, 3.8) is 0 Å². The summed E-state index contributed by atoms with van der Waals surface area (Å²) in [4.78, 5) is 35.1. The summed E-state index contributed by atoms with van der Waals surface area (Å²) in [5, 5.41) is 22.9. The Morgan fingerprint density at radius 3 is 2.50 bits per heavy atom. The number of halogens is 1. The zero-order chi connectivity index (χ0) is 23.1. The van der Waals surface area contributed by atoms with E-state index in [0.29, 0.717) is 23.1 Å². The van der Waals surface area contributed by atoms with Crippen molar-refractivity contribution < 1.29 is 23.9 Å². The van der Waals surface area contributed by atoms with Crippen molar-refractivity contribution >= 4 is 35.2 Å². The second kappa shape index (κ2) is 10.5. The molecule has 1 aromatic heterocycles. The third-order valence-corrected chi connectivity index (χ3v) is 5.45. The first-order chi connectivity index (χ1) is 15.3. The molecule has 0 fully saturated rings. The molecular weight excluding hydrogens is 437 g/mol. The molecule has 0 bridgehead atoms. The van der Waals surface area contributed by atoms with Crippen molar-refractivity contribution in [2.24, 2.45) is 7.05 Å². The standard InChI is InChI=1S/C21H20FN5O4S/c1-27-17(10-11-23-19(29)15-4-2-3-5-16(15)22)25-26-21(27)32-12-18(28)24-14-8-6-13(7-9-14)20(30)31/h2-9H,10-12H2,1H3,(H,23,29)(H,24,28)(H,30,31). The summed E-state index contributed by atoms with van der Waals surface area (Å²) >= 11 is 1.19. The molecule has 0 radical (unpaired) electrons. The van der Waals surface area contributed by atoms with Gasteiger partial charge in [0.1, 0.15) is 11.6 Å². The second-order valence-corrected chi connectivity index (χ2v) is 7.61. The predicted octanol–water partition coefficient (Wildman–Crippen LogP) is 2.36. The fourth-order valence-corrected chi connectivity index (χ4v) is 3.47. The number of hydrogen-bond donors (Lipinski definition) is 3. The van der Waals surface area contributed by atoms with Crippen LogP contribution in [0.1, 0.15) is 26.5 Å². The first kappa shape index (κ1) is 22.9. The number of thioether (sulfide) groups is 1. The van der Waals surface area contributed by atoms with Crippen LogP contribution in [0.5, 0.6) is 0 Å². The number of aromatic nitrogens is 3. The number of rotatable bonds is 9. The normalized spacial score (nSPS) is 10.6. The number of amides is 2. The maximum Gasteiger partial charge on any atom is 0.335 e. The van der Waals surface area contributed by atoms with Crippen LogP contribution in [0, 0.1) is 5.82 Å². The molecule has 0 spiro atoms. The monoisotopic (exact) mass is 457 g/mol. The van der Waals surface area contributed by atoms with Gasteiger partial charge < -0.3 is 20.3 Å². The van der Waals surface area contributed by atoms with Gasteiger partial charge in [-0.25, -0.2) is 9.18 Å². The molecule has 0 saturated carbocycles. The molecule has 0 unspecified atom stereocenters. The molecule has 11 heteroatoms. The van der Waals surface area contributed by atoms with Gasteiger partial charge in [-0.1, -0.05) is 23.9 Å². The zero-order valence-electron chi connectivity index (χ0n) is 17.0. The lowest BCUT2D eigenvalue weighted by Gasteiger charge is -2.07. The largest absolute Gasteiger partial charge is 0.478 e. The van der Waals surface area contributed by atoms with Crippen LogP contribution in [0.25, 0.3) is 0 Å². The number of carbonyl (C=O) groups is 3. The van der Waals surface area contributed by atoms with E-state index in [1.165, 1.54) is 54.2 Å². The van der Waals surface area contributed by atoms with E-state index in [-0.39, 0.29) is 29.3 Å². The van der Waals surface area contributed by atoms with Crippen LogP contribution in [0.15, 0.2) is 53.7 Å². The summed E-state index contributed by atoms with van der Waals surface area (Å²) in [6.45, 7) is 0.247. The fraction of sp³-hybridized carbons (Fsp3) is 0.190. The van der Waals surface area contributed by atoms with Gasteiger partial charge in [-0.05, 0) is 36.4 Å². The van der Waals surface area contributed by atoms with Gasteiger partial charge in [0.2, 0.25) is 5.91 Å². The number of anilines is 1. The zero-order valence-corrected chi connectivity index (χ0v) is 17.9. The highest BCUT2D eigenvalue weighted by molar-refractivity contribution is 7.99. The number of carboxylic acids is 1. The molecule has 9 nitrogen and oxygen atoms in total. The van der Waals surface area contributed by atoms with E-state index in [2.05, 4.69) is 20.8 Å². The minimum absolute atomic E-state index is 0.0228. The van der Waals surface area contributed by atoms with Gasteiger partial charge in [-0.3, -0.25) is 9.59 Å². The van der Waals surface area contributed by atoms with Crippen LogP contribution in [0.4, 0.5) is 10.1 Å². The third-order valence-electron chi connectivity index (χ3n) is 4.43. The summed E-state index contributed by atoms with van der Waals surface area (Å²) < 4.78 is 15.4. The Labute approximate surface area is 187 Å². The number of carboxylic acid groups (broad SMARTS) is 1. The minimum atomic E-state index is -1.04. The molecule has 3 N–H and O–H groups in total. The summed E-state index contributed by atoms with van der Waals surface area (Å²) in [6.07, 6.45) is 0.381. The Balaban J connectivity index is 1.47. The highest BCUT2D eigenvalue weighted by Gasteiger charge is 2.14. The number of aromatic carboxylic acids is 1. The first-order valence-corrected chi connectivity index (χ1v) is 10.5. The van der Waals surface area contributed by atoms with E-state index >= 15 is 0 Å². The van der Waals surface area contributed by atoms with Crippen LogP contribution >= 0.6 is 11.8 Å². The quantitative estimate of drug-likeness (QED) is 0.421. The van der Waals surface area contributed by atoms with E-state index in [9.17, 15) is 18.8 Å². The molecule has 0 saturated heterocycles. The molecule has 0 aliphatic rings. The molecule has 0 atom stereocenters. The SMILES string of the molecule is Cn1c(CCNC(=O)c2ccccc2F)nnc1SCC(=O)Nc1ccc(C(=O)O)cc1. The van der Waals surface area contributed by atoms with Crippen molar-refractivity contribution in [3.05, 3.63) is 71.3 Å². The van der Waals surface area contributed by atoms with E-state index < -0.39 is 17.7 Å². The van der Waals surface area contributed by atoms with Crippen LogP contribution in [-0.2, 0) is 18.3 Å². The Morgan fingerprint density at radius 1 is 1.09 bits per heavy atom. The van der Waals surface area contributed by atoms with Crippen LogP contribution in [0.3, 0.4) is 0 Å². The number of nitrogens with one attached hydrogen (secondary N) is 2. The molecule has 32 heavy (non-hydrogen) atoms. The molecular formula is C21H20FN5O4S. The van der Waals surface area contributed by atoms with Crippen LogP contribution < -0.4 is 10.6 Å². The van der Waals surface area contributed by atoms with Crippen molar-refractivity contribution in [1.82, 2.24) is 20.1 Å². The molecule has 0 aliphatic carbocycles. The molecule has 166 valence electrons. The predicted molar refractivity (Wildman–Crippen MR) is 116 cm³/mol. The Kier molecular flexibility index (Phi) is 7.55. The molecule has 3 aromatic rings. The number of nitrogens with zero attached hydrogens (tertiary/aromatic N) is 3. The molecule has 3 rings (SSSR count). The van der Waals surface area contributed by atoms with Crippen molar-refractivity contribution in [2.75, 3.05) is 17.6 Å². The molecule has 1 heterocycles. The summed E-state index contributed by atoms with van der Waals surface area (Å²) in [5.74, 6) is -1.73. The van der Waals surface area contributed by atoms with Gasteiger partial charge in [0, 0.05) is 25.7 Å². The summed E-state index contributed by atoms with van der Waals surface area (Å²) in [7, 11) is 1.75. The number of benzene rings is 2. The van der Waals surface area contributed by atoms with Gasteiger partial charge in [0.25, 0.3) is 5.91 Å². The fourth-order valence-electron chi connectivity index (χ4n) is 2.74. The van der Waals surface area contributed by atoms with Gasteiger partial charge in [-0.2, -0.15) is 0 Å². The highest BCUT2D eigenvalue weighted by Crippen LogP contribution is 2.17. The smallest absolute Gasteiger partial charge is 0.335 e. The average Bonchev–Trinajstić information content (AvgIpc) is 3.12. The van der Waals surface area contributed by atoms with Crippen molar-refractivity contribution in [3.8, 4) is 0 Å². The van der Waals surface area contributed by atoms with Gasteiger partial charge >= 0.3 is 5.97 Å². The molecule has 2 amide bonds. The number of hydrogen-bond acceptors (Lipinski definition) is 6. The van der Waals surface area contributed by atoms with Crippen molar-refractivity contribution in [1.29, 1.82) is 0 Å². The average molecular weight is 457 g/mol. The van der Waals surface area contributed by atoms with Crippen LogP contribution in [0.2, 0.25) is 0 Å². The minimum Gasteiger partial charge on any atom is -0.478 e. The summed E-state index contributed by atoms with van der Waals surface area (Å²) in [5.41, 5.74) is 0.601. The lowest BCUT2D eigenvalue weighted by atomic mass is 10.2. The Bertz CT molecular complexity index is 1130. The van der Waals surface area contributed by atoms with E-state index in [1.54, 1.807) is 17.7 Å². The van der Waals surface area contributed by atoms with Crippen LogP contribution in [-0.4, -0.2) is 50.0 Å². The third kappa shape index (κ3) is 5.91. The van der Waals surface area contributed by atoms with Gasteiger partial charge in [0.15, 0.2) is 5.16 Å². The Hall–Kier alpha value is -3.73. The second-order valence-electron chi connectivity index (χ2n) is 6.66. The van der Waals surface area contributed by atoms with E-state index in [4.69, 9.17) is 5.11 Å². The maximum absolute atomic E-state index is 13.6. The lowest BCUT2D eigenvalue weighted by Crippen LogP contribution is -2.27. The maximum atomic E-state index is 13.6. The van der Waals surface area contributed by atoms with Gasteiger partial charge in [0.05, 0.1) is 16.9 Å².